The van der Waals surface area contributed by atoms with Gasteiger partial charge in [0.1, 0.15) is 5.01 Å². The number of anilines is 1. The van der Waals surface area contributed by atoms with Gasteiger partial charge in [-0.15, -0.1) is 11.3 Å². The minimum absolute atomic E-state index is 0.0430. The van der Waals surface area contributed by atoms with Gasteiger partial charge in [0.15, 0.2) is 0 Å². The Labute approximate surface area is 146 Å². The molecule has 0 aliphatic carbocycles. The number of carbonyl (C=O) groups is 1. The molecule has 0 radical (unpaired) electrons. The summed E-state index contributed by atoms with van der Waals surface area (Å²) in [7, 11) is 0. The van der Waals surface area contributed by atoms with Gasteiger partial charge >= 0.3 is 0 Å². The number of rotatable bonds is 5. The van der Waals surface area contributed by atoms with Crippen LogP contribution in [0.5, 0.6) is 0 Å². The second-order valence-electron chi connectivity index (χ2n) is 6.30. The molecule has 0 bridgehead atoms. The van der Waals surface area contributed by atoms with E-state index in [1.165, 1.54) is 11.3 Å². The molecule has 1 aliphatic rings. The standard InChI is InChI=1S/C18H23N3O2S/c1-13-5-2-3-7-16(13)20-17(23)9-18-19-14(12-24-18)10-21-8-4-6-15(22)11-21/h2-3,5,7,12,15,22H,4,6,8-11H2,1H3,(H,20,23). The van der Waals surface area contributed by atoms with Gasteiger partial charge in [-0.05, 0) is 37.9 Å². The number of carbonyl (C=O) groups excluding carboxylic acids is 1. The molecule has 24 heavy (non-hydrogen) atoms. The topological polar surface area (TPSA) is 65.5 Å². The molecule has 0 spiro atoms. The van der Waals surface area contributed by atoms with E-state index in [-0.39, 0.29) is 12.0 Å². The van der Waals surface area contributed by atoms with Crippen molar-refractivity contribution in [2.45, 2.75) is 38.8 Å². The van der Waals surface area contributed by atoms with Crippen molar-refractivity contribution in [2.24, 2.45) is 0 Å². The lowest BCUT2D eigenvalue weighted by atomic mass is 10.1. The van der Waals surface area contributed by atoms with E-state index in [1.54, 1.807) is 0 Å². The molecule has 128 valence electrons. The van der Waals surface area contributed by atoms with E-state index >= 15 is 0 Å². The molecule has 1 aromatic carbocycles. The van der Waals surface area contributed by atoms with E-state index in [1.807, 2.05) is 36.6 Å². The van der Waals surface area contributed by atoms with E-state index < -0.39 is 0 Å². The van der Waals surface area contributed by atoms with Crippen LogP contribution in [0.15, 0.2) is 29.6 Å². The molecule has 3 rings (SSSR count). The van der Waals surface area contributed by atoms with Crippen LogP contribution in [-0.4, -0.2) is 40.1 Å². The van der Waals surface area contributed by atoms with Gasteiger partial charge in [0.2, 0.25) is 5.91 Å². The fourth-order valence-corrected chi connectivity index (χ4v) is 3.74. The Morgan fingerprint density at radius 2 is 2.29 bits per heavy atom. The number of amides is 1. The molecule has 1 unspecified atom stereocenters. The molecule has 5 nitrogen and oxygen atoms in total. The number of hydrogen-bond acceptors (Lipinski definition) is 5. The maximum absolute atomic E-state index is 12.2. The fourth-order valence-electron chi connectivity index (χ4n) is 2.95. The van der Waals surface area contributed by atoms with Crippen LogP contribution in [0.3, 0.4) is 0 Å². The van der Waals surface area contributed by atoms with Gasteiger partial charge in [-0.1, -0.05) is 18.2 Å². The molecule has 0 saturated carbocycles. The van der Waals surface area contributed by atoms with Crippen LogP contribution < -0.4 is 5.32 Å². The molecule has 6 heteroatoms. The average Bonchev–Trinajstić information content (AvgIpc) is 2.96. The number of nitrogens with one attached hydrogen (secondary N) is 1. The summed E-state index contributed by atoms with van der Waals surface area (Å²) in [6, 6.07) is 7.75. The number of aromatic nitrogens is 1. The number of aryl methyl sites for hydroxylation is 1. The summed E-state index contributed by atoms with van der Waals surface area (Å²) in [4.78, 5) is 19.0. The van der Waals surface area contributed by atoms with Gasteiger partial charge in [0, 0.05) is 24.2 Å². The highest BCUT2D eigenvalue weighted by molar-refractivity contribution is 7.09. The number of benzene rings is 1. The highest BCUT2D eigenvalue weighted by Crippen LogP contribution is 2.18. The molecular weight excluding hydrogens is 322 g/mol. The number of nitrogens with zero attached hydrogens (tertiary/aromatic N) is 2. The molecule has 2 heterocycles. The van der Waals surface area contributed by atoms with Gasteiger partial charge in [0.05, 0.1) is 18.2 Å². The number of para-hydroxylation sites is 1. The molecule has 2 N–H and O–H groups in total. The van der Waals surface area contributed by atoms with Crippen molar-refractivity contribution in [1.82, 2.24) is 9.88 Å². The largest absolute Gasteiger partial charge is 0.392 e. The third-order valence-corrected chi connectivity index (χ3v) is 5.09. The van der Waals surface area contributed by atoms with E-state index in [0.717, 1.165) is 47.9 Å². The Morgan fingerprint density at radius 3 is 3.08 bits per heavy atom. The number of likely N-dealkylation sites (tertiary alicyclic amines) is 1. The summed E-state index contributed by atoms with van der Waals surface area (Å²) >= 11 is 1.52. The summed E-state index contributed by atoms with van der Waals surface area (Å²) < 4.78 is 0. The maximum atomic E-state index is 12.2. The van der Waals surface area contributed by atoms with Crippen molar-refractivity contribution in [3.8, 4) is 0 Å². The minimum atomic E-state index is -0.225. The monoisotopic (exact) mass is 345 g/mol. The van der Waals surface area contributed by atoms with Gasteiger partial charge in [0.25, 0.3) is 0 Å². The van der Waals surface area contributed by atoms with Crippen LogP contribution in [0.4, 0.5) is 5.69 Å². The van der Waals surface area contributed by atoms with Crippen LogP contribution in [0, 0.1) is 6.92 Å². The lowest BCUT2D eigenvalue weighted by Gasteiger charge is -2.29. The van der Waals surface area contributed by atoms with Gasteiger partial charge in [-0.2, -0.15) is 0 Å². The molecule has 1 aromatic heterocycles. The number of hydrogen-bond donors (Lipinski definition) is 2. The molecular formula is C18H23N3O2S. The van der Waals surface area contributed by atoms with Crippen molar-refractivity contribution in [3.63, 3.8) is 0 Å². The average molecular weight is 345 g/mol. The summed E-state index contributed by atoms with van der Waals surface area (Å²) in [5.74, 6) is -0.0430. The van der Waals surface area contributed by atoms with E-state index in [4.69, 9.17) is 0 Å². The summed E-state index contributed by atoms with van der Waals surface area (Å²) in [5.41, 5.74) is 2.88. The summed E-state index contributed by atoms with van der Waals surface area (Å²) in [5, 5.41) is 15.5. The van der Waals surface area contributed by atoms with Crippen molar-refractivity contribution in [2.75, 3.05) is 18.4 Å². The zero-order chi connectivity index (χ0) is 16.9. The number of β-amino-alcohol motifs (C(OH)–C–C–N with tert-alkyl or cyclic N) is 1. The first-order valence-corrected chi connectivity index (χ1v) is 9.17. The molecule has 1 atom stereocenters. The highest BCUT2D eigenvalue weighted by atomic mass is 32.1. The molecule has 2 aromatic rings. The third-order valence-electron chi connectivity index (χ3n) is 4.20. The van der Waals surface area contributed by atoms with Crippen LogP contribution in [0.25, 0.3) is 0 Å². The second kappa shape index (κ2) is 7.88. The lowest BCUT2D eigenvalue weighted by Crippen LogP contribution is -2.37. The van der Waals surface area contributed by atoms with E-state index in [2.05, 4.69) is 15.2 Å². The molecule has 1 aliphatic heterocycles. The first-order valence-electron chi connectivity index (χ1n) is 8.29. The van der Waals surface area contributed by atoms with Gasteiger partial charge in [-0.3, -0.25) is 9.69 Å². The van der Waals surface area contributed by atoms with Crippen molar-refractivity contribution in [3.05, 3.63) is 45.9 Å². The lowest BCUT2D eigenvalue weighted by molar-refractivity contribution is -0.115. The number of aliphatic hydroxyl groups excluding tert-OH is 1. The van der Waals surface area contributed by atoms with Gasteiger partial charge < -0.3 is 10.4 Å². The minimum Gasteiger partial charge on any atom is -0.392 e. The number of piperidine rings is 1. The van der Waals surface area contributed by atoms with Crippen LogP contribution in [-0.2, 0) is 17.8 Å². The fraction of sp³-hybridized carbons (Fsp3) is 0.444. The zero-order valence-corrected chi connectivity index (χ0v) is 14.7. The predicted octanol–water partition coefficient (Wildman–Crippen LogP) is 2.59. The van der Waals surface area contributed by atoms with E-state index in [9.17, 15) is 9.90 Å². The first kappa shape index (κ1) is 17.1. The highest BCUT2D eigenvalue weighted by Gasteiger charge is 2.18. The molecule has 1 saturated heterocycles. The Morgan fingerprint density at radius 1 is 1.46 bits per heavy atom. The predicted molar refractivity (Wildman–Crippen MR) is 96.1 cm³/mol. The number of thiazole rings is 1. The van der Waals surface area contributed by atoms with Crippen molar-refractivity contribution in [1.29, 1.82) is 0 Å². The summed E-state index contributed by atoms with van der Waals surface area (Å²) in [6.07, 6.45) is 1.98. The number of aliphatic hydroxyl groups is 1. The van der Waals surface area contributed by atoms with Crippen LogP contribution in [0.2, 0.25) is 0 Å². The Kier molecular flexibility index (Phi) is 5.60. The SMILES string of the molecule is Cc1ccccc1NC(=O)Cc1nc(CN2CCCC(O)C2)cs1. The second-order valence-corrected chi connectivity index (χ2v) is 7.25. The van der Waals surface area contributed by atoms with Crippen molar-refractivity contribution >= 4 is 22.9 Å². The van der Waals surface area contributed by atoms with Crippen molar-refractivity contribution < 1.29 is 9.90 Å². The van der Waals surface area contributed by atoms with E-state index in [0.29, 0.717) is 13.0 Å². The first-order chi connectivity index (χ1) is 11.6. The Balaban J connectivity index is 1.54. The molecule has 1 fully saturated rings. The molecule has 1 amide bonds. The normalized spacial score (nSPS) is 18.5. The van der Waals surface area contributed by atoms with Crippen LogP contribution >= 0.6 is 11.3 Å². The Bertz CT molecular complexity index is 701. The zero-order valence-electron chi connectivity index (χ0n) is 13.9. The summed E-state index contributed by atoms with van der Waals surface area (Å²) in [6.45, 7) is 4.43. The van der Waals surface area contributed by atoms with Gasteiger partial charge in [-0.25, -0.2) is 4.98 Å². The maximum Gasteiger partial charge on any atom is 0.231 e. The van der Waals surface area contributed by atoms with Crippen LogP contribution in [0.1, 0.15) is 29.1 Å². The quantitative estimate of drug-likeness (QED) is 0.874. The third kappa shape index (κ3) is 4.63. The Hall–Kier alpha value is -1.76. The smallest absolute Gasteiger partial charge is 0.231 e.